The Bertz CT molecular complexity index is 363. The van der Waals surface area contributed by atoms with Crippen LogP contribution < -0.4 is 5.32 Å². The van der Waals surface area contributed by atoms with Crippen molar-refractivity contribution in [2.24, 2.45) is 0 Å². The van der Waals surface area contributed by atoms with E-state index >= 15 is 0 Å². The number of aryl methyl sites for hydroxylation is 1. The highest BCUT2D eigenvalue weighted by molar-refractivity contribution is 5.75. The van der Waals surface area contributed by atoms with E-state index in [1.165, 1.54) is 22.4 Å². The molecule has 0 saturated carbocycles. The van der Waals surface area contributed by atoms with Gasteiger partial charge in [-0.05, 0) is 31.9 Å². The lowest BCUT2D eigenvalue weighted by atomic mass is 9.97. The van der Waals surface area contributed by atoms with E-state index in [1.807, 2.05) is 0 Å². The van der Waals surface area contributed by atoms with Gasteiger partial charge in [0.15, 0.2) is 0 Å². The molecule has 1 N–H and O–H groups in total. The van der Waals surface area contributed by atoms with Crippen molar-refractivity contribution in [2.45, 2.75) is 26.8 Å². The first-order valence-corrected chi connectivity index (χ1v) is 4.73. The van der Waals surface area contributed by atoms with E-state index < -0.39 is 0 Å². The molecule has 1 heteroatoms. The zero-order chi connectivity index (χ0) is 9.42. The zero-order valence-electron chi connectivity index (χ0n) is 8.39. The van der Waals surface area contributed by atoms with Crippen LogP contribution in [-0.2, 0) is 0 Å². The maximum absolute atomic E-state index is 3.51. The molecular formula is C12H15N. The van der Waals surface area contributed by atoms with Gasteiger partial charge in [-0.3, -0.25) is 0 Å². The first-order valence-electron chi connectivity index (χ1n) is 4.73. The smallest absolute Gasteiger partial charge is 0.0448 e. The van der Waals surface area contributed by atoms with Crippen molar-refractivity contribution in [3.05, 3.63) is 34.9 Å². The summed E-state index contributed by atoms with van der Waals surface area (Å²) in [4.78, 5) is 0. The molecular weight excluding hydrogens is 158 g/mol. The SMILES string of the molecule is CC1=Cc2cccc(C)c2NC1C. The average molecular weight is 173 g/mol. The van der Waals surface area contributed by atoms with Gasteiger partial charge in [-0.25, -0.2) is 0 Å². The second-order valence-corrected chi connectivity index (χ2v) is 3.79. The number of rotatable bonds is 0. The van der Waals surface area contributed by atoms with Crippen LogP contribution in [0.2, 0.25) is 0 Å². The summed E-state index contributed by atoms with van der Waals surface area (Å²) in [6.07, 6.45) is 2.27. The quantitative estimate of drug-likeness (QED) is 0.635. The standard InChI is InChI=1S/C12H15N/c1-8-5-4-6-11-7-9(2)10(3)13-12(8)11/h4-7,10,13H,1-3H3. The molecule has 68 valence electrons. The first kappa shape index (κ1) is 8.36. The molecule has 1 heterocycles. The number of nitrogens with one attached hydrogen (secondary N) is 1. The number of benzene rings is 1. The van der Waals surface area contributed by atoms with Gasteiger partial charge >= 0.3 is 0 Å². The molecule has 0 spiro atoms. The van der Waals surface area contributed by atoms with Gasteiger partial charge in [-0.1, -0.05) is 29.8 Å². The third-order valence-electron chi connectivity index (χ3n) is 2.73. The van der Waals surface area contributed by atoms with Gasteiger partial charge in [-0.2, -0.15) is 0 Å². The lowest BCUT2D eigenvalue weighted by Gasteiger charge is -2.24. The fourth-order valence-electron chi connectivity index (χ4n) is 1.71. The van der Waals surface area contributed by atoms with Crippen molar-refractivity contribution >= 4 is 11.8 Å². The van der Waals surface area contributed by atoms with E-state index in [0.29, 0.717) is 6.04 Å². The Hall–Kier alpha value is -1.24. The predicted octanol–water partition coefficient (Wildman–Crippen LogP) is 3.21. The summed E-state index contributed by atoms with van der Waals surface area (Å²) < 4.78 is 0. The number of hydrogen-bond donors (Lipinski definition) is 1. The maximum Gasteiger partial charge on any atom is 0.0448 e. The van der Waals surface area contributed by atoms with Gasteiger partial charge in [0.25, 0.3) is 0 Å². The third-order valence-corrected chi connectivity index (χ3v) is 2.73. The molecule has 1 nitrogen and oxygen atoms in total. The Morgan fingerprint density at radius 2 is 2.00 bits per heavy atom. The molecule has 0 saturated heterocycles. The van der Waals surface area contributed by atoms with Gasteiger partial charge in [0.2, 0.25) is 0 Å². The Morgan fingerprint density at radius 3 is 2.77 bits per heavy atom. The topological polar surface area (TPSA) is 12.0 Å². The van der Waals surface area contributed by atoms with Crippen LogP contribution in [0.3, 0.4) is 0 Å². The first-order chi connectivity index (χ1) is 6.18. The monoisotopic (exact) mass is 173 g/mol. The minimum atomic E-state index is 0.466. The van der Waals surface area contributed by atoms with Crippen molar-refractivity contribution in [3.8, 4) is 0 Å². The second kappa shape index (κ2) is 2.91. The summed E-state index contributed by atoms with van der Waals surface area (Å²) in [5, 5.41) is 3.51. The van der Waals surface area contributed by atoms with E-state index in [-0.39, 0.29) is 0 Å². The molecule has 0 aromatic heterocycles. The highest BCUT2D eigenvalue weighted by Gasteiger charge is 2.14. The van der Waals surface area contributed by atoms with E-state index in [2.05, 4.69) is 50.4 Å². The van der Waals surface area contributed by atoms with E-state index in [0.717, 1.165) is 0 Å². The molecule has 1 aliphatic heterocycles. The Morgan fingerprint density at radius 1 is 1.23 bits per heavy atom. The molecule has 0 fully saturated rings. The molecule has 13 heavy (non-hydrogen) atoms. The minimum Gasteiger partial charge on any atom is -0.378 e. The fraction of sp³-hybridized carbons (Fsp3) is 0.333. The molecule has 0 aliphatic carbocycles. The Labute approximate surface area is 79.5 Å². The van der Waals surface area contributed by atoms with Crippen LogP contribution in [0, 0.1) is 6.92 Å². The number of hydrogen-bond acceptors (Lipinski definition) is 1. The normalized spacial score (nSPS) is 20.2. The molecule has 0 bridgehead atoms. The third kappa shape index (κ3) is 1.35. The van der Waals surface area contributed by atoms with Crippen molar-refractivity contribution in [1.29, 1.82) is 0 Å². The summed E-state index contributed by atoms with van der Waals surface area (Å²) in [5.41, 5.74) is 5.34. The van der Waals surface area contributed by atoms with Crippen LogP contribution in [-0.4, -0.2) is 6.04 Å². The van der Waals surface area contributed by atoms with Crippen LogP contribution in [0.4, 0.5) is 5.69 Å². The average Bonchev–Trinajstić information content (AvgIpc) is 2.09. The molecule has 0 amide bonds. The van der Waals surface area contributed by atoms with E-state index in [4.69, 9.17) is 0 Å². The van der Waals surface area contributed by atoms with Gasteiger partial charge in [0.05, 0.1) is 0 Å². The van der Waals surface area contributed by atoms with Crippen molar-refractivity contribution in [2.75, 3.05) is 5.32 Å². The second-order valence-electron chi connectivity index (χ2n) is 3.79. The highest BCUT2D eigenvalue weighted by atomic mass is 14.9. The minimum absolute atomic E-state index is 0.466. The Kier molecular flexibility index (Phi) is 1.87. The summed E-state index contributed by atoms with van der Waals surface area (Å²) in [7, 11) is 0. The van der Waals surface area contributed by atoms with E-state index in [9.17, 15) is 0 Å². The molecule has 1 aromatic rings. The summed E-state index contributed by atoms with van der Waals surface area (Å²) in [6.45, 7) is 6.51. The van der Waals surface area contributed by atoms with Crippen LogP contribution in [0.25, 0.3) is 6.08 Å². The molecule has 1 atom stereocenters. The van der Waals surface area contributed by atoms with Gasteiger partial charge in [0.1, 0.15) is 0 Å². The summed E-state index contributed by atoms with van der Waals surface area (Å²) >= 11 is 0. The molecule has 1 unspecified atom stereocenters. The van der Waals surface area contributed by atoms with Crippen LogP contribution in [0.1, 0.15) is 25.0 Å². The van der Waals surface area contributed by atoms with Crippen molar-refractivity contribution < 1.29 is 0 Å². The molecule has 0 radical (unpaired) electrons. The lowest BCUT2D eigenvalue weighted by molar-refractivity contribution is 0.918. The maximum atomic E-state index is 3.51. The van der Waals surface area contributed by atoms with Gasteiger partial charge in [0, 0.05) is 11.7 Å². The van der Waals surface area contributed by atoms with Crippen LogP contribution in [0.15, 0.2) is 23.8 Å². The number of fused-ring (bicyclic) bond motifs is 1. The van der Waals surface area contributed by atoms with Crippen LogP contribution >= 0.6 is 0 Å². The van der Waals surface area contributed by atoms with Gasteiger partial charge in [-0.15, -0.1) is 0 Å². The molecule has 1 aliphatic rings. The molecule has 1 aromatic carbocycles. The number of anilines is 1. The van der Waals surface area contributed by atoms with E-state index in [1.54, 1.807) is 0 Å². The van der Waals surface area contributed by atoms with Crippen molar-refractivity contribution in [1.82, 2.24) is 0 Å². The molecule has 2 rings (SSSR count). The predicted molar refractivity (Wildman–Crippen MR) is 57.9 cm³/mol. The number of para-hydroxylation sites is 1. The lowest BCUT2D eigenvalue weighted by Crippen LogP contribution is -2.20. The zero-order valence-corrected chi connectivity index (χ0v) is 8.39. The largest absolute Gasteiger partial charge is 0.378 e. The van der Waals surface area contributed by atoms with Crippen molar-refractivity contribution in [3.63, 3.8) is 0 Å². The van der Waals surface area contributed by atoms with Crippen LogP contribution in [0.5, 0.6) is 0 Å². The Balaban J connectivity index is 2.56. The summed E-state index contributed by atoms with van der Waals surface area (Å²) in [5.74, 6) is 0. The summed E-state index contributed by atoms with van der Waals surface area (Å²) in [6, 6.07) is 6.88. The fourth-order valence-corrected chi connectivity index (χ4v) is 1.71. The highest BCUT2D eigenvalue weighted by Crippen LogP contribution is 2.29. The van der Waals surface area contributed by atoms with Gasteiger partial charge < -0.3 is 5.32 Å².